The number of rotatable bonds is 12. The molecule has 0 radical (unpaired) electrons. The van der Waals surface area contributed by atoms with Crippen LogP contribution in [0.3, 0.4) is 0 Å². The zero-order valence-corrected chi connectivity index (χ0v) is 26.6. The minimum Gasteiger partial charge on any atom is -0.491 e. The highest BCUT2D eigenvalue weighted by molar-refractivity contribution is 5.67. The number of hydrogen-bond donors (Lipinski definition) is 0. The second kappa shape index (κ2) is 15.4. The van der Waals surface area contributed by atoms with Crippen molar-refractivity contribution in [1.82, 2.24) is 0 Å². The normalized spacial score (nSPS) is 20.0. The van der Waals surface area contributed by atoms with Crippen molar-refractivity contribution < 1.29 is 35.8 Å². The second-order valence-corrected chi connectivity index (χ2v) is 12.6. The average molecular weight is 645 g/mol. The van der Waals surface area contributed by atoms with E-state index < -0.39 is 34.9 Å². The Kier molecular flexibility index (Phi) is 11.4. The third-order valence-corrected chi connectivity index (χ3v) is 9.67. The van der Waals surface area contributed by atoms with Gasteiger partial charge in [0.25, 0.3) is 0 Å². The van der Waals surface area contributed by atoms with Gasteiger partial charge in [0.2, 0.25) is 11.6 Å². The first kappa shape index (κ1) is 33.9. The van der Waals surface area contributed by atoms with Crippen molar-refractivity contribution in [3.05, 3.63) is 99.6 Å². The van der Waals surface area contributed by atoms with E-state index in [1.165, 1.54) is 12.1 Å². The van der Waals surface area contributed by atoms with Crippen LogP contribution in [0.15, 0.2) is 42.5 Å². The van der Waals surface area contributed by atoms with Gasteiger partial charge in [0.1, 0.15) is 0 Å². The van der Waals surface area contributed by atoms with E-state index in [0.717, 1.165) is 24.8 Å². The summed E-state index contributed by atoms with van der Waals surface area (Å²) in [5, 5.41) is 0. The molecule has 2 aliphatic carbocycles. The van der Waals surface area contributed by atoms with Gasteiger partial charge in [0.05, 0.1) is 13.2 Å². The third kappa shape index (κ3) is 7.42. The van der Waals surface area contributed by atoms with E-state index in [1.807, 2.05) is 13.0 Å². The standard InChI is InChI=1S/C38H42F6O2/c1-3-5-22-46-32-21-19-29(36(42)38(32)44)24-9-6-23(7-10-24)8-11-27-16-17-28(34(40)33(27)39)25-12-14-26(15-13-25)30-18-20-31(45-4-2)37(43)35(30)41/h9,16-21,23,25-26H,3-8,10-15,22H2,1-2H3. The monoisotopic (exact) mass is 644 g/mol. The van der Waals surface area contributed by atoms with Gasteiger partial charge in [0.15, 0.2) is 34.8 Å². The summed E-state index contributed by atoms with van der Waals surface area (Å²) in [5.74, 6) is -5.77. The van der Waals surface area contributed by atoms with Gasteiger partial charge >= 0.3 is 0 Å². The minimum atomic E-state index is -0.988. The number of allylic oxidation sites excluding steroid dienone is 2. The van der Waals surface area contributed by atoms with Crippen LogP contribution in [0, 0.1) is 40.8 Å². The van der Waals surface area contributed by atoms with E-state index in [1.54, 1.807) is 31.2 Å². The second-order valence-electron chi connectivity index (χ2n) is 12.6. The fourth-order valence-corrected chi connectivity index (χ4v) is 6.93. The fourth-order valence-electron chi connectivity index (χ4n) is 6.93. The number of benzene rings is 3. The van der Waals surface area contributed by atoms with Gasteiger partial charge in [-0.2, -0.15) is 8.78 Å². The Bertz CT molecular complexity index is 1540. The predicted molar refractivity (Wildman–Crippen MR) is 168 cm³/mol. The smallest absolute Gasteiger partial charge is 0.201 e. The van der Waals surface area contributed by atoms with Crippen LogP contribution in [0.5, 0.6) is 11.5 Å². The van der Waals surface area contributed by atoms with Crippen molar-refractivity contribution in [2.75, 3.05) is 13.2 Å². The first-order chi connectivity index (χ1) is 22.2. The van der Waals surface area contributed by atoms with Crippen molar-refractivity contribution in [1.29, 1.82) is 0 Å². The summed E-state index contributed by atoms with van der Waals surface area (Å²) >= 11 is 0. The molecule has 248 valence electrons. The molecule has 5 rings (SSSR count). The molecule has 3 aromatic carbocycles. The lowest BCUT2D eigenvalue weighted by atomic mass is 9.75. The lowest BCUT2D eigenvalue weighted by molar-refractivity contribution is 0.288. The summed E-state index contributed by atoms with van der Waals surface area (Å²) in [7, 11) is 0. The van der Waals surface area contributed by atoms with Crippen molar-refractivity contribution in [2.24, 2.45) is 5.92 Å². The molecule has 0 N–H and O–H groups in total. The molecule has 2 nitrogen and oxygen atoms in total. The molecule has 0 heterocycles. The van der Waals surface area contributed by atoms with Crippen LogP contribution in [-0.2, 0) is 6.42 Å². The fraction of sp³-hybridized carbons (Fsp3) is 0.474. The Hall–Kier alpha value is -3.42. The molecule has 0 aliphatic heterocycles. The molecule has 0 bridgehead atoms. The summed E-state index contributed by atoms with van der Waals surface area (Å²) in [6.45, 7) is 4.26. The molecule has 2 aliphatic rings. The summed E-state index contributed by atoms with van der Waals surface area (Å²) in [5.41, 5.74) is 1.95. The van der Waals surface area contributed by atoms with Crippen LogP contribution in [0.25, 0.3) is 5.57 Å². The molecule has 3 aromatic rings. The maximum Gasteiger partial charge on any atom is 0.201 e. The lowest BCUT2D eigenvalue weighted by Gasteiger charge is -2.30. The minimum absolute atomic E-state index is 0.0760. The van der Waals surface area contributed by atoms with Gasteiger partial charge in [-0.05, 0) is 129 Å². The van der Waals surface area contributed by atoms with Gasteiger partial charge in [0, 0.05) is 5.56 Å². The highest BCUT2D eigenvalue weighted by Gasteiger charge is 2.30. The quantitative estimate of drug-likeness (QED) is 0.144. The van der Waals surface area contributed by atoms with Crippen LogP contribution in [0.2, 0.25) is 0 Å². The van der Waals surface area contributed by atoms with E-state index in [-0.39, 0.29) is 41.4 Å². The third-order valence-electron chi connectivity index (χ3n) is 9.67. The van der Waals surface area contributed by atoms with Crippen molar-refractivity contribution in [2.45, 2.75) is 96.3 Å². The summed E-state index contributed by atoms with van der Waals surface area (Å²) in [6.07, 6.45) is 8.74. The van der Waals surface area contributed by atoms with Gasteiger partial charge in [-0.15, -0.1) is 0 Å². The number of aryl methyl sites for hydroxylation is 1. The van der Waals surface area contributed by atoms with Crippen molar-refractivity contribution in [3.8, 4) is 11.5 Å². The van der Waals surface area contributed by atoms with E-state index in [4.69, 9.17) is 9.47 Å². The van der Waals surface area contributed by atoms with Gasteiger partial charge < -0.3 is 9.47 Å². The summed E-state index contributed by atoms with van der Waals surface area (Å²) in [6, 6.07) is 9.38. The highest BCUT2D eigenvalue weighted by atomic mass is 19.2. The van der Waals surface area contributed by atoms with E-state index in [9.17, 15) is 17.6 Å². The van der Waals surface area contributed by atoms with Crippen molar-refractivity contribution >= 4 is 5.57 Å². The zero-order valence-electron chi connectivity index (χ0n) is 26.6. The molecule has 1 saturated carbocycles. The molecule has 46 heavy (non-hydrogen) atoms. The molecule has 0 saturated heterocycles. The molecule has 1 fully saturated rings. The van der Waals surface area contributed by atoms with E-state index in [2.05, 4.69) is 0 Å². The maximum absolute atomic E-state index is 15.3. The predicted octanol–water partition coefficient (Wildman–Crippen LogP) is 11.4. The number of unbranched alkanes of at least 4 members (excludes halogenated alkanes) is 1. The Morgan fingerprint density at radius 1 is 0.652 bits per heavy atom. The van der Waals surface area contributed by atoms with Crippen LogP contribution in [0.4, 0.5) is 26.3 Å². The maximum atomic E-state index is 15.3. The Labute approximate surface area is 267 Å². The van der Waals surface area contributed by atoms with Crippen LogP contribution >= 0.6 is 0 Å². The summed E-state index contributed by atoms with van der Waals surface area (Å²) < 4.78 is 99.6. The lowest BCUT2D eigenvalue weighted by Crippen LogP contribution is -2.16. The van der Waals surface area contributed by atoms with Crippen molar-refractivity contribution in [3.63, 3.8) is 0 Å². The topological polar surface area (TPSA) is 18.5 Å². The van der Waals surface area contributed by atoms with Gasteiger partial charge in [-0.25, -0.2) is 17.6 Å². The Balaban J connectivity index is 1.15. The molecule has 0 spiro atoms. The molecule has 8 heteroatoms. The molecule has 0 amide bonds. The number of ether oxygens (including phenoxy) is 2. The Morgan fingerprint density at radius 3 is 1.89 bits per heavy atom. The zero-order chi connectivity index (χ0) is 32.8. The Morgan fingerprint density at radius 2 is 1.26 bits per heavy atom. The van der Waals surface area contributed by atoms with Crippen LogP contribution in [0.1, 0.15) is 112 Å². The first-order valence-corrected chi connectivity index (χ1v) is 16.6. The molecular weight excluding hydrogens is 602 g/mol. The SMILES string of the molecule is CCCCOc1ccc(C2=CCC(CCc3ccc(C4CCC(c5ccc(OCC)c(F)c5F)CC4)c(F)c3F)CC2)c(F)c1F. The highest BCUT2D eigenvalue weighted by Crippen LogP contribution is 2.43. The van der Waals surface area contributed by atoms with Gasteiger partial charge in [-0.1, -0.05) is 37.6 Å². The average Bonchev–Trinajstić information content (AvgIpc) is 3.07. The first-order valence-electron chi connectivity index (χ1n) is 16.6. The molecular formula is C38H42F6O2. The van der Waals surface area contributed by atoms with Crippen LogP contribution in [-0.4, -0.2) is 13.2 Å². The number of hydrogen-bond acceptors (Lipinski definition) is 2. The van der Waals surface area contributed by atoms with Crippen LogP contribution < -0.4 is 9.47 Å². The molecule has 0 aromatic heterocycles. The molecule has 1 atom stereocenters. The van der Waals surface area contributed by atoms with E-state index in [0.29, 0.717) is 74.7 Å². The summed E-state index contributed by atoms with van der Waals surface area (Å²) in [4.78, 5) is 0. The molecule has 1 unspecified atom stereocenters. The number of halogens is 6. The van der Waals surface area contributed by atoms with Gasteiger partial charge in [-0.3, -0.25) is 0 Å². The largest absolute Gasteiger partial charge is 0.491 e. The van der Waals surface area contributed by atoms with E-state index >= 15 is 8.78 Å².